The van der Waals surface area contributed by atoms with Crippen LogP contribution in [0.3, 0.4) is 0 Å². The lowest BCUT2D eigenvalue weighted by Gasteiger charge is -2.32. The molecule has 0 rings (SSSR count). The SMILES string of the molecule is CC(F)(C(F)(F)C(F)(F)S(=O)(=O)O)S(C)(=O)=O. The molecule has 0 bridgehead atoms. The lowest BCUT2D eigenvalue weighted by atomic mass is 10.2. The number of halogens is 5. The molecule has 12 heteroatoms. The van der Waals surface area contributed by atoms with Crippen molar-refractivity contribution in [3.05, 3.63) is 0 Å². The summed E-state index contributed by atoms with van der Waals surface area (Å²) in [5, 5.41) is -11.2. The molecule has 17 heavy (non-hydrogen) atoms. The van der Waals surface area contributed by atoms with E-state index in [1.54, 1.807) is 0 Å². The highest BCUT2D eigenvalue weighted by molar-refractivity contribution is 7.92. The number of alkyl halides is 5. The summed E-state index contributed by atoms with van der Waals surface area (Å²) in [4.78, 5) is 0. The van der Waals surface area contributed by atoms with Gasteiger partial charge in [0.1, 0.15) is 0 Å². The zero-order valence-corrected chi connectivity index (χ0v) is 9.92. The summed E-state index contributed by atoms with van der Waals surface area (Å²) in [5.74, 6) is -6.17. The van der Waals surface area contributed by atoms with Crippen molar-refractivity contribution < 1.29 is 43.3 Å². The van der Waals surface area contributed by atoms with Crippen molar-refractivity contribution in [2.24, 2.45) is 0 Å². The first-order valence-electron chi connectivity index (χ1n) is 3.61. The average Bonchev–Trinajstić information content (AvgIpc) is 1.98. The summed E-state index contributed by atoms with van der Waals surface area (Å²) in [6.07, 6.45) is -0.124. The number of rotatable bonds is 4. The molecule has 0 saturated carbocycles. The third-order valence-corrected chi connectivity index (χ3v) is 4.50. The van der Waals surface area contributed by atoms with Crippen molar-refractivity contribution >= 4 is 20.0 Å². The Morgan fingerprint density at radius 2 is 1.24 bits per heavy atom. The Kier molecular flexibility index (Phi) is 3.64. The molecule has 0 radical (unpaired) electrons. The molecule has 0 aromatic rings. The van der Waals surface area contributed by atoms with Gasteiger partial charge in [-0.05, 0) is 6.92 Å². The van der Waals surface area contributed by atoms with Gasteiger partial charge in [0.05, 0.1) is 0 Å². The smallest absolute Gasteiger partial charge is 0.281 e. The Morgan fingerprint density at radius 1 is 0.941 bits per heavy atom. The van der Waals surface area contributed by atoms with Gasteiger partial charge in [0.25, 0.3) is 5.00 Å². The highest BCUT2D eigenvalue weighted by Gasteiger charge is 2.77. The van der Waals surface area contributed by atoms with E-state index in [9.17, 15) is 38.8 Å². The van der Waals surface area contributed by atoms with E-state index >= 15 is 0 Å². The van der Waals surface area contributed by atoms with E-state index in [4.69, 9.17) is 4.55 Å². The summed E-state index contributed by atoms with van der Waals surface area (Å²) in [6, 6.07) is 0. The Labute approximate surface area is 93.3 Å². The van der Waals surface area contributed by atoms with Crippen LogP contribution in [-0.2, 0) is 20.0 Å². The Balaban J connectivity index is 6.10. The zero-order chi connectivity index (χ0) is 14.5. The molecular weight excluding hydrogens is 299 g/mol. The first kappa shape index (κ1) is 16.5. The van der Waals surface area contributed by atoms with Crippen molar-refractivity contribution in [3.8, 4) is 0 Å². The predicted molar refractivity (Wildman–Crippen MR) is 45.8 cm³/mol. The molecule has 0 heterocycles. The molecule has 5 nitrogen and oxygen atoms in total. The van der Waals surface area contributed by atoms with E-state index < -0.39 is 43.1 Å². The molecule has 0 fully saturated rings. The van der Waals surface area contributed by atoms with E-state index in [0.29, 0.717) is 0 Å². The minimum atomic E-state index is -6.69. The van der Waals surface area contributed by atoms with Gasteiger partial charge >= 0.3 is 21.3 Å². The fourth-order valence-electron chi connectivity index (χ4n) is 0.655. The molecule has 0 aromatic heterocycles. The van der Waals surface area contributed by atoms with Gasteiger partial charge < -0.3 is 0 Å². The van der Waals surface area contributed by atoms with Crippen molar-refractivity contribution in [3.63, 3.8) is 0 Å². The van der Waals surface area contributed by atoms with Gasteiger partial charge in [-0.3, -0.25) is 4.55 Å². The van der Waals surface area contributed by atoms with E-state index in [2.05, 4.69) is 0 Å². The molecule has 0 aliphatic carbocycles. The molecule has 0 aliphatic heterocycles. The van der Waals surface area contributed by atoms with Crippen LogP contribution in [0.1, 0.15) is 6.92 Å². The second-order valence-corrected chi connectivity index (χ2v) is 7.03. The Morgan fingerprint density at radius 3 is 1.41 bits per heavy atom. The molecule has 0 amide bonds. The lowest BCUT2D eigenvalue weighted by molar-refractivity contribution is -0.205. The van der Waals surface area contributed by atoms with E-state index in [1.165, 1.54) is 0 Å². The fourth-order valence-corrected chi connectivity index (χ4v) is 1.83. The second-order valence-electron chi connectivity index (χ2n) is 3.26. The molecule has 0 spiro atoms. The maximum Gasteiger partial charge on any atom is 0.436 e. The van der Waals surface area contributed by atoms with E-state index in [0.717, 1.165) is 0 Å². The maximum atomic E-state index is 13.2. The zero-order valence-electron chi connectivity index (χ0n) is 8.29. The van der Waals surface area contributed by atoms with Crippen LogP contribution < -0.4 is 0 Å². The molecular formula is C5H7F5O5S2. The van der Waals surface area contributed by atoms with Crippen molar-refractivity contribution in [2.75, 3.05) is 6.26 Å². The van der Waals surface area contributed by atoms with Gasteiger partial charge in [0, 0.05) is 6.26 Å². The molecule has 0 aromatic carbocycles. The molecule has 0 saturated heterocycles. The van der Waals surface area contributed by atoms with Crippen molar-refractivity contribution in [2.45, 2.75) is 23.1 Å². The highest BCUT2D eigenvalue weighted by atomic mass is 32.2. The van der Waals surface area contributed by atoms with Crippen LogP contribution in [0.2, 0.25) is 0 Å². The van der Waals surface area contributed by atoms with Gasteiger partial charge in [0.15, 0.2) is 9.84 Å². The topological polar surface area (TPSA) is 88.5 Å². The maximum absolute atomic E-state index is 13.2. The monoisotopic (exact) mass is 306 g/mol. The summed E-state index contributed by atoms with van der Waals surface area (Å²) >= 11 is 0. The molecule has 0 aliphatic rings. The van der Waals surface area contributed by atoms with Crippen molar-refractivity contribution in [1.82, 2.24) is 0 Å². The van der Waals surface area contributed by atoms with Crippen LogP contribution in [0.25, 0.3) is 0 Å². The van der Waals surface area contributed by atoms with Crippen LogP contribution in [0.4, 0.5) is 22.0 Å². The highest BCUT2D eigenvalue weighted by Crippen LogP contribution is 2.49. The van der Waals surface area contributed by atoms with Gasteiger partial charge in [-0.1, -0.05) is 0 Å². The van der Waals surface area contributed by atoms with Crippen LogP contribution in [0, 0.1) is 0 Å². The summed E-state index contributed by atoms with van der Waals surface area (Å²) in [5.41, 5.74) is 0. The minimum Gasteiger partial charge on any atom is -0.281 e. The first-order valence-corrected chi connectivity index (χ1v) is 6.94. The quantitative estimate of drug-likeness (QED) is 0.614. The fraction of sp³-hybridized carbons (Fsp3) is 1.00. The molecule has 1 atom stereocenters. The molecule has 104 valence electrons. The summed E-state index contributed by atoms with van der Waals surface area (Å²) in [7, 11) is -12.1. The van der Waals surface area contributed by atoms with E-state index in [-0.39, 0.29) is 6.26 Å². The first-order chi connectivity index (χ1) is 7.00. The summed E-state index contributed by atoms with van der Waals surface area (Å²) < 4.78 is 114. The third-order valence-electron chi connectivity index (χ3n) is 1.95. The largest absolute Gasteiger partial charge is 0.436 e. The lowest BCUT2D eigenvalue weighted by Crippen LogP contribution is -2.60. The number of sulfone groups is 1. The van der Waals surface area contributed by atoms with Crippen LogP contribution >= 0.6 is 0 Å². The van der Waals surface area contributed by atoms with Crippen LogP contribution in [-0.4, -0.2) is 43.8 Å². The Bertz CT molecular complexity index is 459. The number of hydrogen-bond acceptors (Lipinski definition) is 4. The van der Waals surface area contributed by atoms with Crippen LogP contribution in [0.15, 0.2) is 0 Å². The predicted octanol–water partition coefficient (Wildman–Crippen LogP) is 0.833. The number of hydrogen-bond donors (Lipinski definition) is 1. The third kappa shape index (κ3) is 2.25. The van der Waals surface area contributed by atoms with Crippen molar-refractivity contribution in [1.29, 1.82) is 0 Å². The normalized spacial score (nSPS) is 18.8. The second kappa shape index (κ2) is 3.75. The molecule has 1 unspecified atom stereocenters. The standard InChI is InChI=1S/C5H7F5O5S2/c1-3(6,16(2,11)12)4(7,8)5(9,10)17(13,14)15/h1-2H3,(H,13,14,15). The molecule has 1 N–H and O–H groups in total. The van der Waals surface area contributed by atoms with Gasteiger partial charge in [-0.25, -0.2) is 12.8 Å². The van der Waals surface area contributed by atoms with Gasteiger partial charge in [0.2, 0.25) is 0 Å². The Hall–Kier alpha value is -0.490. The van der Waals surface area contributed by atoms with E-state index in [1.807, 2.05) is 0 Å². The van der Waals surface area contributed by atoms with Gasteiger partial charge in [-0.2, -0.15) is 26.0 Å². The average molecular weight is 306 g/mol. The van der Waals surface area contributed by atoms with Gasteiger partial charge in [-0.15, -0.1) is 0 Å². The van der Waals surface area contributed by atoms with Crippen LogP contribution in [0.5, 0.6) is 0 Å². The minimum absolute atomic E-state index is 0.124. The summed E-state index contributed by atoms with van der Waals surface area (Å²) in [6.45, 7) is -0.429.